The van der Waals surface area contributed by atoms with Crippen molar-refractivity contribution in [3.05, 3.63) is 12.4 Å². The second-order valence-corrected chi connectivity index (χ2v) is 5.52. The zero-order valence-corrected chi connectivity index (χ0v) is 11.2. The number of aryl methyl sites for hydroxylation is 1. The Labute approximate surface area is 103 Å². The summed E-state index contributed by atoms with van der Waals surface area (Å²) >= 11 is 0. The van der Waals surface area contributed by atoms with Crippen LogP contribution >= 0.6 is 0 Å². The van der Waals surface area contributed by atoms with Crippen LogP contribution < -0.4 is 10.1 Å². The highest BCUT2D eigenvalue weighted by molar-refractivity contribution is 5.15. The Morgan fingerprint density at radius 3 is 2.88 bits per heavy atom. The second-order valence-electron chi connectivity index (χ2n) is 5.52. The lowest BCUT2D eigenvalue weighted by atomic mass is 9.64. The van der Waals surface area contributed by atoms with Gasteiger partial charge in [-0.25, -0.2) is 0 Å². The van der Waals surface area contributed by atoms with Crippen LogP contribution in [0.4, 0.5) is 0 Å². The minimum absolute atomic E-state index is 0.199. The molecule has 96 valence electrons. The lowest BCUT2D eigenvalue weighted by molar-refractivity contribution is -0.0546. The average molecular weight is 237 g/mol. The molecule has 17 heavy (non-hydrogen) atoms. The van der Waals surface area contributed by atoms with E-state index in [0.717, 1.165) is 18.7 Å². The average Bonchev–Trinajstić information content (AvgIpc) is 2.68. The van der Waals surface area contributed by atoms with E-state index in [2.05, 4.69) is 31.2 Å². The van der Waals surface area contributed by atoms with Crippen molar-refractivity contribution in [1.82, 2.24) is 15.1 Å². The van der Waals surface area contributed by atoms with E-state index in [1.165, 1.54) is 6.42 Å². The van der Waals surface area contributed by atoms with Gasteiger partial charge in [-0.15, -0.1) is 0 Å². The van der Waals surface area contributed by atoms with Crippen molar-refractivity contribution in [3.63, 3.8) is 0 Å². The van der Waals surface area contributed by atoms with E-state index in [4.69, 9.17) is 4.74 Å². The van der Waals surface area contributed by atoms with Gasteiger partial charge in [0.2, 0.25) is 0 Å². The van der Waals surface area contributed by atoms with E-state index in [-0.39, 0.29) is 5.41 Å². The first-order chi connectivity index (χ1) is 8.04. The lowest BCUT2D eigenvalue weighted by Crippen LogP contribution is -2.62. The molecular formula is C13H23N3O. The smallest absolute Gasteiger partial charge is 0.157 e. The Kier molecular flexibility index (Phi) is 3.43. The summed E-state index contributed by atoms with van der Waals surface area (Å²) in [6.45, 7) is 7.83. The number of rotatable bonds is 5. The number of aromatic nitrogens is 2. The normalized spacial score (nSPS) is 26.6. The van der Waals surface area contributed by atoms with Crippen LogP contribution in [0.3, 0.4) is 0 Å². The van der Waals surface area contributed by atoms with Crippen LogP contribution in [0.1, 0.15) is 33.6 Å². The molecule has 2 unspecified atom stereocenters. The van der Waals surface area contributed by atoms with Gasteiger partial charge in [0.25, 0.3) is 0 Å². The summed E-state index contributed by atoms with van der Waals surface area (Å²) < 4.78 is 7.74. The molecule has 1 fully saturated rings. The Balaban J connectivity index is 1.88. The topological polar surface area (TPSA) is 39.1 Å². The zero-order valence-electron chi connectivity index (χ0n) is 11.2. The molecule has 1 heterocycles. The molecular weight excluding hydrogens is 214 g/mol. The van der Waals surface area contributed by atoms with Crippen LogP contribution in [0.5, 0.6) is 5.75 Å². The molecule has 2 atom stereocenters. The molecule has 4 heteroatoms. The molecule has 1 aromatic heterocycles. The monoisotopic (exact) mass is 237 g/mol. The van der Waals surface area contributed by atoms with E-state index in [1.807, 2.05) is 13.2 Å². The number of hydrogen-bond acceptors (Lipinski definition) is 3. The molecule has 1 aromatic rings. The molecule has 0 radical (unpaired) electrons. The fourth-order valence-electron chi connectivity index (χ4n) is 2.37. The third-order valence-corrected chi connectivity index (χ3v) is 3.78. The SMILES string of the molecule is CCCNC1CC(Oc2cnn(C)c2)C1(C)C. The zero-order chi connectivity index (χ0) is 12.5. The van der Waals surface area contributed by atoms with Gasteiger partial charge in [-0.2, -0.15) is 5.10 Å². The predicted octanol–water partition coefficient (Wildman–Crippen LogP) is 1.97. The summed E-state index contributed by atoms with van der Waals surface area (Å²) in [6.07, 6.45) is 6.26. The molecule has 0 spiro atoms. The van der Waals surface area contributed by atoms with Gasteiger partial charge < -0.3 is 10.1 Å². The van der Waals surface area contributed by atoms with E-state index >= 15 is 0 Å². The fourth-order valence-corrected chi connectivity index (χ4v) is 2.37. The molecule has 2 rings (SSSR count). The van der Waals surface area contributed by atoms with Gasteiger partial charge >= 0.3 is 0 Å². The fraction of sp³-hybridized carbons (Fsp3) is 0.769. The van der Waals surface area contributed by atoms with Gasteiger partial charge in [-0.1, -0.05) is 20.8 Å². The van der Waals surface area contributed by atoms with Crippen LogP contribution in [0.15, 0.2) is 12.4 Å². The minimum Gasteiger partial charge on any atom is -0.486 e. The maximum absolute atomic E-state index is 5.97. The van der Waals surface area contributed by atoms with Crippen molar-refractivity contribution >= 4 is 0 Å². The first-order valence-electron chi connectivity index (χ1n) is 6.42. The van der Waals surface area contributed by atoms with Gasteiger partial charge in [-0.05, 0) is 13.0 Å². The molecule has 0 aromatic carbocycles. The Morgan fingerprint density at radius 2 is 2.35 bits per heavy atom. The predicted molar refractivity (Wildman–Crippen MR) is 68.1 cm³/mol. The highest BCUT2D eigenvalue weighted by Crippen LogP contribution is 2.42. The Hall–Kier alpha value is -1.03. The summed E-state index contributed by atoms with van der Waals surface area (Å²) in [6, 6.07) is 0.573. The number of nitrogens with zero attached hydrogens (tertiary/aromatic N) is 2. The molecule has 0 saturated heterocycles. The number of nitrogens with one attached hydrogen (secondary N) is 1. The molecule has 1 N–H and O–H groups in total. The Morgan fingerprint density at radius 1 is 1.59 bits per heavy atom. The molecule has 4 nitrogen and oxygen atoms in total. The third-order valence-electron chi connectivity index (χ3n) is 3.78. The Bertz CT molecular complexity index is 372. The number of hydrogen-bond donors (Lipinski definition) is 1. The van der Waals surface area contributed by atoms with E-state index < -0.39 is 0 Å². The molecule has 1 aliphatic rings. The minimum atomic E-state index is 0.199. The third kappa shape index (κ3) is 2.46. The van der Waals surface area contributed by atoms with Gasteiger partial charge in [0.1, 0.15) is 6.10 Å². The van der Waals surface area contributed by atoms with Crippen molar-refractivity contribution in [2.75, 3.05) is 6.54 Å². The van der Waals surface area contributed by atoms with Crippen LogP contribution in [-0.4, -0.2) is 28.5 Å². The van der Waals surface area contributed by atoms with Crippen molar-refractivity contribution in [1.29, 1.82) is 0 Å². The quantitative estimate of drug-likeness (QED) is 0.851. The summed E-state index contributed by atoms with van der Waals surface area (Å²) in [5.74, 6) is 0.875. The van der Waals surface area contributed by atoms with Gasteiger partial charge in [0.15, 0.2) is 5.75 Å². The molecule has 1 saturated carbocycles. The highest BCUT2D eigenvalue weighted by Gasteiger charge is 2.49. The summed E-state index contributed by atoms with van der Waals surface area (Å²) in [5.41, 5.74) is 0.199. The summed E-state index contributed by atoms with van der Waals surface area (Å²) in [7, 11) is 1.91. The first kappa shape index (κ1) is 12.4. The molecule has 0 amide bonds. The number of ether oxygens (including phenoxy) is 1. The molecule has 0 aliphatic heterocycles. The standard InChI is InChI=1S/C13H23N3O/c1-5-6-14-11-7-12(13(11,2)3)17-10-8-15-16(4)9-10/h8-9,11-12,14H,5-7H2,1-4H3. The van der Waals surface area contributed by atoms with Crippen LogP contribution in [-0.2, 0) is 7.05 Å². The van der Waals surface area contributed by atoms with Crippen LogP contribution in [0.25, 0.3) is 0 Å². The van der Waals surface area contributed by atoms with Crippen molar-refractivity contribution in [3.8, 4) is 5.75 Å². The largest absolute Gasteiger partial charge is 0.486 e. The van der Waals surface area contributed by atoms with E-state index in [9.17, 15) is 0 Å². The lowest BCUT2D eigenvalue weighted by Gasteiger charge is -2.51. The van der Waals surface area contributed by atoms with Crippen LogP contribution in [0, 0.1) is 5.41 Å². The molecule has 0 bridgehead atoms. The highest BCUT2D eigenvalue weighted by atomic mass is 16.5. The summed E-state index contributed by atoms with van der Waals surface area (Å²) in [4.78, 5) is 0. The van der Waals surface area contributed by atoms with Crippen LogP contribution in [0.2, 0.25) is 0 Å². The van der Waals surface area contributed by atoms with Gasteiger partial charge in [0.05, 0.1) is 12.4 Å². The summed E-state index contributed by atoms with van der Waals surface area (Å²) in [5, 5.41) is 7.70. The van der Waals surface area contributed by atoms with Crippen molar-refractivity contribution < 1.29 is 4.74 Å². The second kappa shape index (κ2) is 4.69. The van der Waals surface area contributed by atoms with Gasteiger partial charge in [0, 0.05) is 24.9 Å². The first-order valence-corrected chi connectivity index (χ1v) is 6.42. The van der Waals surface area contributed by atoms with Crippen molar-refractivity contribution in [2.45, 2.75) is 45.8 Å². The van der Waals surface area contributed by atoms with E-state index in [1.54, 1.807) is 10.9 Å². The molecule has 1 aliphatic carbocycles. The van der Waals surface area contributed by atoms with Gasteiger partial charge in [-0.3, -0.25) is 4.68 Å². The van der Waals surface area contributed by atoms with E-state index in [0.29, 0.717) is 12.1 Å². The maximum atomic E-state index is 5.97. The maximum Gasteiger partial charge on any atom is 0.157 e. The van der Waals surface area contributed by atoms with Crippen molar-refractivity contribution in [2.24, 2.45) is 12.5 Å².